The molecule has 0 unspecified atom stereocenters. The van der Waals surface area contributed by atoms with Gasteiger partial charge < -0.3 is 9.47 Å². The van der Waals surface area contributed by atoms with Gasteiger partial charge in [0, 0.05) is 26.1 Å². The summed E-state index contributed by atoms with van der Waals surface area (Å²) < 4.78 is 2.06. The average molecular weight is 399 g/mol. The van der Waals surface area contributed by atoms with Crippen molar-refractivity contribution in [1.29, 1.82) is 0 Å². The van der Waals surface area contributed by atoms with Gasteiger partial charge in [-0.25, -0.2) is 0 Å². The van der Waals surface area contributed by atoms with Gasteiger partial charge in [0.2, 0.25) is 5.91 Å². The molecule has 1 aliphatic carbocycles. The number of nitrogens with zero attached hydrogens (tertiary/aromatic N) is 4. The van der Waals surface area contributed by atoms with Crippen molar-refractivity contribution in [1.82, 2.24) is 19.7 Å². The fourth-order valence-corrected chi connectivity index (χ4v) is 4.60. The van der Waals surface area contributed by atoms with E-state index in [2.05, 4.69) is 40.4 Å². The Labute approximate surface area is 172 Å². The largest absolute Gasteiger partial charge is 0.342 e. The Hall–Kier alpha value is -2.08. The summed E-state index contributed by atoms with van der Waals surface area (Å²) in [4.78, 5) is 14.6. The predicted molar refractivity (Wildman–Crippen MR) is 114 cm³/mol. The zero-order valence-electron chi connectivity index (χ0n) is 16.9. The molecule has 28 heavy (non-hydrogen) atoms. The molecule has 1 aromatic heterocycles. The molecule has 1 fully saturated rings. The molecule has 0 radical (unpaired) electrons. The normalized spacial score (nSPS) is 19.4. The highest BCUT2D eigenvalue weighted by molar-refractivity contribution is 7.99. The minimum Gasteiger partial charge on any atom is -0.342 e. The molecule has 150 valence electrons. The van der Waals surface area contributed by atoms with Gasteiger partial charge in [0.15, 0.2) is 5.16 Å². The van der Waals surface area contributed by atoms with Gasteiger partial charge in [-0.1, -0.05) is 55.1 Å². The van der Waals surface area contributed by atoms with E-state index in [1.54, 1.807) is 0 Å². The van der Waals surface area contributed by atoms with E-state index < -0.39 is 0 Å². The van der Waals surface area contributed by atoms with Gasteiger partial charge in [-0.3, -0.25) is 4.79 Å². The van der Waals surface area contributed by atoms with Crippen LogP contribution in [0.1, 0.15) is 44.0 Å². The topological polar surface area (TPSA) is 51.0 Å². The number of rotatable bonds is 8. The van der Waals surface area contributed by atoms with Crippen LogP contribution in [0, 0.1) is 5.92 Å². The zero-order valence-corrected chi connectivity index (χ0v) is 17.7. The lowest BCUT2D eigenvalue weighted by molar-refractivity contribution is -0.129. The van der Waals surface area contributed by atoms with Crippen molar-refractivity contribution in [3.63, 3.8) is 0 Å². The standard InChI is InChI=1S/C22H30N4OS/c1-4-14-26-20(15-18-8-6-5-7-9-18)23-24-22(26)28-16-21(27)25(3)19-12-10-17(2)11-13-19/h4-9,17,19H,1,10-16H2,2-3H3. The predicted octanol–water partition coefficient (Wildman–Crippen LogP) is 4.18. The molecule has 1 aliphatic rings. The van der Waals surface area contributed by atoms with Gasteiger partial charge in [0.25, 0.3) is 0 Å². The monoisotopic (exact) mass is 398 g/mol. The first-order valence-electron chi connectivity index (χ1n) is 10.0. The Morgan fingerprint density at radius 1 is 1.25 bits per heavy atom. The van der Waals surface area contributed by atoms with Crippen LogP contribution < -0.4 is 0 Å². The first-order valence-corrected chi connectivity index (χ1v) is 11.0. The summed E-state index contributed by atoms with van der Waals surface area (Å²) in [5, 5.41) is 9.49. The van der Waals surface area contributed by atoms with Crippen LogP contribution in [0.3, 0.4) is 0 Å². The molecular formula is C22H30N4OS. The quantitative estimate of drug-likeness (QED) is 0.494. The molecule has 1 heterocycles. The minimum absolute atomic E-state index is 0.169. The maximum Gasteiger partial charge on any atom is 0.233 e. The van der Waals surface area contributed by atoms with Crippen LogP contribution in [0.2, 0.25) is 0 Å². The molecule has 0 spiro atoms. The summed E-state index contributed by atoms with van der Waals surface area (Å²) in [7, 11) is 1.94. The van der Waals surface area contributed by atoms with Crippen LogP contribution in [0.25, 0.3) is 0 Å². The average Bonchev–Trinajstić information content (AvgIpc) is 3.08. The van der Waals surface area contributed by atoms with E-state index in [9.17, 15) is 4.79 Å². The Morgan fingerprint density at radius 3 is 2.64 bits per heavy atom. The molecule has 6 heteroatoms. The van der Waals surface area contributed by atoms with E-state index in [0.29, 0.717) is 18.3 Å². The third-order valence-corrected chi connectivity index (χ3v) is 6.51. The molecule has 1 saturated carbocycles. The highest BCUT2D eigenvalue weighted by Gasteiger charge is 2.25. The Bertz CT molecular complexity index is 781. The molecule has 1 amide bonds. The first kappa shape index (κ1) is 20.6. The summed E-state index contributed by atoms with van der Waals surface area (Å²) in [6.45, 7) is 6.79. The number of thioether (sulfide) groups is 1. The molecule has 0 N–H and O–H groups in total. The number of hydrogen-bond acceptors (Lipinski definition) is 4. The number of amides is 1. The summed E-state index contributed by atoms with van der Waals surface area (Å²) >= 11 is 1.47. The maximum absolute atomic E-state index is 12.7. The third-order valence-electron chi connectivity index (χ3n) is 5.56. The van der Waals surface area contributed by atoms with Gasteiger partial charge in [-0.2, -0.15) is 0 Å². The smallest absolute Gasteiger partial charge is 0.233 e. The number of allylic oxidation sites excluding steroid dienone is 1. The summed E-state index contributed by atoms with van der Waals surface area (Å²) in [5.41, 5.74) is 1.19. The Kier molecular flexibility index (Phi) is 7.31. The van der Waals surface area contributed by atoms with Crippen molar-refractivity contribution in [3.8, 4) is 0 Å². The van der Waals surface area contributed by atoms with Gasteiger partial charge in [0.05, 0.1) is 5.75 Å². The second kappa shape index (κ2) is 9.92. The summed E-state index contributed by atoms with van der Waals surface area (Å²) in [6, 6.07) is 10.6. The van der Waals surface area contributed by atoms with E-state index in [4.69, 9.17) is 0 Å². The van der Waals surface area contributed by atoms with Crippen molar-refractivity contribution in [2.24, 2.45) is 5.92 Å². The minimum atomic E-state index is 0.169. The molecule has 0 saturated heterocycles. The van der Waals surface area contributed by atoms with E-state index in [-0.39, 0.29) is 5.91 Å². The molecule has 0 atom stereocenters. The van der Waals surface area contributed by atoms with E-state index in [1.165, 1.54) is 30.2 Å². The summed E-state index contributed by atoms with van der Waals surface area (Å²) in [5.74, 6) is 2.25. The van der Waals surface area contributed by atoms with Crippen LogP contribution in [0.5, 0.6) is 0 Å². The number of hydrogen-bond donors (Lipinski definition) is 0. The van der Waals surface area contributed by atoms with Crippen LogP contribution >= 0.6 is 11.8 Å². The van der Waals surface area contributed by atoms with Crippen molar-refractivity contribution < 1.29 is 4.79 Å². The zero-order chi connectivity index (χ0) is 19.9. The van der Waals surface area contributed by atoms with Gasteiger partial charge >= 0.3 is 0 Å². The number of carbonyl (C=O) groups is 1. The van der Waals surface area contributed by atoms with Crippen LogP contribution in [-0.2, 0) is 17.8 Å². The van der Waals surface area contributed by atoms with E-state index in [1.807, 2.05) is 36.2 Å². The lowest BCUT2D eigenvalue weighted by atomic mass is 9.87. The molecule has 1 aromatic carbocycles. The molecule has 3 rings (SSSR count). The van der Waals surface area contributed by atoms with Crippen LogP contribution in [0.15, 0.2) is 48.1 Å². The first-order chi connectivity index (χ1) is 13.6. The molecule has 0 bridgehead atoms. The van der Waals surface area contributed by atoms with Gasteiger partial charge in [-0.05, 0) is 37.2 Å². The molecular weight excluding hydrogens is 368 g/mol. The molecule has 0 aliphatic heterocycles. The number of benzene rings is 1. The van der Waals surface area contributed by atoms with Crippen LogP contribution in [0.4, 0.5) is 0 Å². The van der Waals surface area contributed by atoms with Crippen LogP contribution in [-0.4, -0.2) is 44.4 Å². The maximum atomic E-state index is 12.7. The molecule has 2 aromatic rings. The Morgan fingerprint density at radius 2 is 1.96 bits per heavy atom. The number of carbonyl (C=O) groups excluding carboxylic acids is 1. The second-order valence-electron chi connectivity index (χ2n) is 7.67. The lowest BCUT2D eigenvalue weighted by Crippen LogP contribution is -2.40. The van der Waals surface area contributed by atoms with Crippen molar-refractivity contribution in [3.05, 3.63) is 54.4 Å². The fraction of sp³-hybridized carbons (Fsp3) is 0.500. The third kappa shape index (κ3) is 5.25. The van der Waals surface area contributed by atoms with Gasteiger partial charge in [0.1, 0.15) is 5.82 Å². The van der Waals surface area contributed by atoms with E-state index in [0.717, 1.165) is 36.2 Å². The lowest BCUT2D eigenvalue weighted by Gasteiger charge is -2.33. The van der Waals surface area contributed by atoms with Gasteiger partial charge in [-0.15, -0.1) is 16.8 Å². The van der Waals surface area contributed by atoms with E-state index >= 15 is 0 Å². The Balaban J connectivity index is 1.61. The number of aromatic nitrogens is 3. The van der Waals surface area contributed by atoms with Crippen molar-refractivity contribution in [2.45, 2.75) is 56.8 Å². The second-order valence-corrected chi connectivity index (χ2v) is 8.61. The fourth-order valence-electron chi connectivity index (χ4n) is 3.71. The summed E-state index contributed by atoms with van der Waals surface area (Å²) in [6.07, 6.45) is 7.22. The highest BCUT2D eigenvalue weighted by Crippen LogP contribution is 2.27. The SMILES string of the molecule is C=CCn1c(Cc2ccccc2)nnc1SCC(=O)N(C)C1CCC(C)CC1. The van der Waals surface area contributed by atoms with Crippen molar-refractivity contribution >= 4 is 17.7 Å². The highest BCUT2D eigenvalue weighted by atomic mass is 32.2. The van der Waals surface area contributed by atoms with Crippen molar-refractivity contribution in [2.75, 3.05) is 12.8 Å². The molecule has 5 nitrogen and oxygen atoms in total.